The van der Waals surface area contributed by atoms with Crippen molar-refractivity contribution in [3.63, 3.8) is 0 Å². The largest absolute Gasteiger partial charge is 0.383 e. The summed E-state index contributed by atoms with van der Waals surface area (Å²) in [6.45, 7) is 4.79. The molecule has 0 radical (unpaired) electrons. The van der Waals surface area contributed by atoms with E-state index in [9.17, 15) is 4.79 Å². The van der Waals surface area contributed by atoms with Gasteiger partial charge in [-0.05, 0) is 13.3 Å². The van der Waals surface area contributed by atoms with Crippen LogP contribution in [0.15, 0.2) is 30.5 Å². The van der Waals surface area contributed by atoms with Crippen molar-refractivity contribution < 1.29 is 4.79 Å². The van der Waals surface area contributed by atoms with Crippen LogP contribution in [0.3, 0.4) is 0 Å². The predicted octanol–water partition coefficient (Wildman–Crippen LogP) is 2.95. The van der Waals surface area contributed by atoms with Crippen molar-refractivity contribution in [3.05, 3.63) is 41.6 Å². The Balaban J connectivity index is 2.09. The Kier molecular flexibility index (Phi) is 5.47. The number of hydrogen-bond donors (Lipinski definition) is 2. The van der Waals surface area contributed by atoms with Gasteiger partial charge in [0.25, 0.3) is 5.91 Å². The molecule has 0 saturated heterocycles. The highest BCUT2D eigenvalue weighted by Gasteiger charge is 2.12. The van der Waals surface area contributed by atoms with Crippen molar-refractivity contribution >= 4 is 11.7 Å². The minimum Gasteiger partial charge on any atom is -0.383 e. The molecule has 0 saturated carbocycles. The molecule has 0 unspecified atom stereocenters. The number of amides is 1. The first-order valence-corrected chi connectivity index (χ1v) is 7.59. The molecule has 0 atom stereocenters. The summed E-state index contributed by atoms with van der Waals surface area (Å²) < 4.78 is 0. The zero-order chi connectivity index (χ0) is 15.9. The first-order valence-electron chi connectivity index (χ1n) is 7.59. The smallest absolute Gasteiger partial charge is 0.256 e. The fourth-order valence-electron chi connectivity index (χ4n) is 2.08. The van der Waals surface area contributed by atoms with Crippen molar-refractivity contribution in [2.24, 2.45) is 0 Å². The molecule has 1 amide bonds. The van der Waals surface area contributed by atoms with Gasteiger partial charge in [-0.1, -0.05) is 49.6 Å². The van der Waals surface area contributed by atoms with Crippen LogP contribution in [0, 0.1) is 6.92 Å². The summed E-state index contributed by atoms with van der Waals surface area (Å²) in [7, 11) is 0. The predicted molar refractivity (Wildman–Crippen MR) is 88.5 cm³/mol. The van der Waals surface area contributed by atoms with Gasteiger partial charge in [-0.15, -0.1) is 0 Å². The summed E-state index contributed by atoms with van der Waals surface area (Å²) in [4.78, 5) is 20.5. The van der Waals surface area contributed by atoms with Crippen LogP contribution in [0.4, 0.5) is 5.82 Å². The van der Waals surface area contributed by atoms with Gasteiger partial charge in [0.05, 0.1) is 5.56 Å². The molecular formula is C17H22N4O. The molecule has 0 bridgehead atoms. The van der Waals surface area contributed by atoms with E-state index in [1.54, 1.807) is 0 Å². The summed E-state index contributed by atoms with van der Waals surface area (Å²) in [5.74, 6) is 0.516. The number of carbonyl (C=O) groups excluding carboxylic acids is 1. The molecule has 22 heavy (non-hydrogen) atoms. The van der Waals surface area contributed by atoms with Crippen LogP contribution in [-0.2, 0) is 0 Å². The highest BCUT2D eigenvalue weighted by Crippen LogP contribution is 2.18. The summed E-state index contributed by atoms with van der Waals surface area (Å²) in [6.07, 6.45) is 4.67. The molecule has 0 fully saturated rings. The highest BCUT2D eigenvalue weighted by atomic mass is 16.1. The number of nitrogen functional groups attached to an aromatic ring is 1. The molecule has 0 aliphatic carbocycles. The molecular weight excluding hydrogens is 276 g/mol. The van der Waals surface area contributed by atoms with E-state index in [0.29, 0.717) is 17.9 Å². The number of nitrogens with one attached hydrogen (secondary N) is 1. The normalized spacial score (nSPS) is 10.5. The van der Waals surface area contributed by atoms with Gasteiger partial charge in [-0.3, -0.25) is 4.79 Å². The maximum atomic E-state index is 12.1. The molecule has 1 aromatic heterocycles. The van der Waals surface area contributed by atoms with Gasteiger partial charge in [0.15, 0.2) is 5.82 Å². The number of unbranched alkanes of at least 4 members (excludes halogenated alkanes) is 2. The molecule has 1 aromatic carbocycles. The maximum absolute atomic E-state index is 12.1. The van der Waals surface area contributed by atoms with Gasteiger partial charge in [-0.25, -0.2) is 9.97 Å². The Bertz CT molecular complexity index is 638. The van der Waals surface area contributed by atoms with Crippen molar-refractivity contribution in [3.8, 4) is 11.4 Å². The molecule has 3 N–H and O–H groups in total. The Morgan fingerprint density at radius 3 is 2.59 bits per heavy atom. The second-order valence-electron chi connectivity index (χ2n) is 5.32. The summed E-state index contributed by atoms with van der Waals surface area (Å²) in [5, 5.41) is 2.84. The zero-order valence-electron chi connectivity index (χ0n) is 13.1. The third kappa shape index (κ3) is 4.04. The Labute approximate surface area is 131 Å². The van der Waals surface area contributed by atoms with Crippen LogP contribution in [0.5, 0.6) is 0 Å². The number of aryl methyl sites for hydroxylation is 1. The van der Waals surface area contributed by atoms with Gasteiger partial charge in [0, 0.05) is 18.3 Å². The summed E-state index contributed by atoms with van der Waals surface area (Å²) in [6, 6.07) is 7.86. The van der Waals surface area contributed by atoms with Crippen molar-refractivity contribution in [2.75, 3.05) is 12.3 Å². The fraction of sp³-hybridized carbons (Fsp3) is 0.353. The van der Waals surface area contributed by atoms with Crippen LogP contribution in [0.2, 0.25) is 0 Å². The number of nitrogens with zero attached hydrogens (tertiary/aromatic N) is 2. The van der Waals surface area contributed by atoms with Gasteiger partial charge in [0.1, 0.15) is 5.82 Å². The van der Waals surface area contributed by atoms with E-state index in [1.807, 2.05) is 31.2 Å². The highest BCUT2D eigenvalue weighted by molar-refractivity contribution is 5.98. The molecule has 5 nitrogen and oxygen atoms in total. The van der Waals surface area contributed by atoms with Gasteiger partial charge >= 0.3 is 0 Å². The number of rotatable bonds is 6. The van der Waals surface area contributed by atoms with Gasteiger partial charge in [0.2, 0.25) is 0 Å². The topological polar surface area (TPSA) is 80.9 Å². The van der Waals surface area contributed by atoms with E-state index in [0.717, 1.165) is 24.8 Å². The molecule has 5 heteroatoms. The minimum absolute atomic E-state index is 0.207. The third-order valence-corrected chi connectivity index (χ3v) is 3.44. The number of nitrogens with two attached hydrogens (primary N) is 1. The lowest BCUT2D eigenvalue weighted by Crippen LogP contribution is -2.26. The van der Waals surface area contributed by atoms with Gasteiger partial charge in [-0.2, -0.15) is 0 Å². The molecule has 0 spiro atoms. The minimum atomic E-state index is -0.218. The van der Waals surface area contributed by atoms with Gasteiger partial charge < -0.3 is 11.1 Å². The number of carbonyl (C=O) groups is 1. The monoisotopic (exact) mass is 298 g/mol. The number of benzene rings is 1. The Morgan fingerprint density at radius 2 is 1.95 bits per heavy atom. The first kappa shape index (κ1) is 15.9. The Morgan fingerprint density at radius 1 is 1.23 bits per heavy atom. The second kappa shape index (κ2) is 7.54. The second-order valence-corrected chi connectivity index (χ2v) is 5.32. The molecule has 1 heterocycles. The molecule has 116 valence electrons. The number of hydrogen-bond acceptors (Lipinski definition) is 4. The average molecular weight is 298 g/mol. The quantitative estimate of drug-likeness (QED) is 0.803. The van der Waals surface area contributed by atoms with Crippen LogP contribution in [0.25, 0.3) is 11.4 Å². The van der Waals surface area contributed by atoms with Crippen LogP contribution in [0.1, 0.15) is 42.1 Å². The van der Waals surface area contributed by atoms with E-state index in [-0.39, 0.29) is 11.7 Å². The Hall–Kier alpha value is -2.43. The lowest BCUT2D eigenvalue weighted by Gasteiger charge is -2.08. The SMILES string of the molecule is CCCCCNC(=O)c1cnc(-c2ccc(C)cc2)nc1N. The standard InChI is InChI=1S/C17H22N4O/c1-3-4-5-10-19-17(22)14-11-20-16(21-15(14)18)13-8-6-12(2)7-9-13/h6-9,11H,3-5,10H2,1-2H3,(H,19,22)(H2,18,20,21). The van der Waals surface area contributed by atoms with Crippen LogP contribution >= 0.6 is 0 Å². The zero-order valence-corrected chi connectivity index (χ0v) is 13.1. The molecule has 0 aliphatic rings. The summed E-state index contributed by atoms with van der Waals surface area (Å²) >= 11 is 0. The third-order valence-electron chi connectivity index (χ3n) is 3.44. The molecule has 0 aliphatic heterocycles. The number of aromatic nitrogens is 2. The van der Waals surface area contributed by atoms with E-state index >= 15 is 0 Å². The lowest BCUT2D eigenvalue weighted by molar-refractivity contribution is 0.0953. The molecule has 2 rings (SSSR count). The number of anilines is 1. The summed E-state index contributed by atoms with van der Waals surface area (Å²) in [5.41, 5.74) is 8.28. The van der Waals surface area contributed by atoms with Crippen LogP contribution < -0.4 is 11.1 Å². The average Bonchev–Trinajstić information content (AvgIpc) is 2.52. The van der Waals surface area contributed by atoms with Crippen molar-refractivity contribution in [1.29, 1.82) is 0 Å². The lowest BCUT2D eigenvalue weighted by atomic mass is 10.1. The van der Waals surface area contributed by atoms with E-state index in [1.165, 1.54) is 11.8 Å². The fourth-order valence-corrected chi connectivity index (χ4v) is 2.08. The van der Waals surface area contributed by atoms with Crippen molar-refractivity contribution in [1.82, 2.24) is 15.3 Å². The van der Waals surface area contributed by atoms with E-state index in [2.05, 4.69) is 22.2 Å². The van der Waals surface area contributed by atoms with Crippen molar-refractivity contribution in [2.45, 2.75) is 33.1 Å². The van der Waals surface area contributed by atoms with E-state index < -0.39 is 0 Å². The van der Waals surface area contributed by atoms with Crippen LogP contribution in [-0.4, -0.2) is 22.4 Å². The molecule has 2 aromatic rings. The maximum Gasteiger partial charge on any atom is 0.256 e. The van der Waals surface area contributed by atoms with E-state index in [4.69, 9.17) is 5.73 Å². The first-order chi connectivity index (χ1) is 10.6.